The molecule has 0 atom stereocenters. The van der Waals surface area contributed by atoms with E-state index in [9.17, 15) is 4.79 Å². The number of hydrogen-bond donors (Lipinski definition) is 2. The van der Waals surface area contributed by atoms with Crippen molar-refractivity contribution in [3.05, 3.63) is 22.4 Å². The number of hydrogen-bond acceptors (Lipinski definition) is 4. The molecule has 0 radical (unpaired) electrons. The van der Waals surface area contributed by atoms with Crippen LogP contribution in [0.3, 0.4) is 0 Å². The lowest BCUT2D eigenvalue weighted by Gasteiger charge is -2.19. The molecule has 1 aromatic rings. The lowest BCUT2D eigenvalue weighted by Crippen LogP contribution is -2.36. The molecular weight excluding hydrogens is 236 g/mol. The Bertz CT molecular complexity index is 331. The van der Waals surface area contributed by atoms with Crippen LogP contribution in [-0.4, -0.2) is 24.8 Å². The smallest absolute Gasteiger partial charge is 0.407 e. The summed E-state index contributed by atoms with van der Waals surface area (Å²) in [6.45, 7) is 7.69. The lowest BCUT2D eigenvalue weighted by atomic mass is 10.2. The molecule has 0 aromatic carbocycles. The molecule has 2 N–H and O–H groups in total. The Morgan fingerprint density at radius 1 is 1.41 bits per heavy atom. The minimum atomic E-state index is -0.436. The molecule has 0 aliphatic rings. The third-order valence-electron chi connectivity index (χ3n) is 1.85. The Hall–Kier alpha value is -1.07. The van der Waals surface area contributed by atoms with Gasteiger partial charge in [0.1, 0.15) is 5.60 Å². The third-order valence-corrected chi connectivity index (χ3v) is 2.73. The Morgan fingerprint density at radius 3 is 2.76 bits per heavy atom. The number of amides is 1. The van der Waals surface area contributed by atoms with E-state index >= 15 is 0 Å². The summed E-state index contributed by atoms with van der Waals surface area (Å²) in [6.07, 6.45) is -0.365. The average molecular weight is 256 g/mol. The minimum absolute atomic E-state index is 0.365. The molecule has 1 aromatic heterocycles. The first-order valence-corrected chi connectivity index (χ1v) is 6.55. The van der Waals surface area contributed by atoms with Crippen molar-refractivity contribution in [2.24, 2.45) is 0 Å². The maximum Gasteiger partial charge on any atom is 0.407 e. The van der Waals surface area contributed by atoms with Crippen LogP contribution in [0.2, 0.25) is 0 Å². The highest BCUT2D eigenvalue weighted by Gasteiger charge is 2.15. The van der Waals surface area contributed by atoms with Gasteiger partial charge in [-0.05, 0) is 32.2 Å². The topological polar surface area (TPSA) is 50.4 Å². The molecule has 0 aliphatic carbocycles. The quantitative estimate of drug-likeness (QED) is 0.795. The van der Waals surface area contributed by atoms with Crippen molar-refractivity contribution in [2.45, 2.75) is 32.9 Å². The number of thiophene rings is 1. The monoisotopic (exact) mass is 256 g/mol. The highest BCUT2D eigenvalue weighted by atomic mass is 32.1. The van der Waals surface area contributed by atoms with Crippen molar-refractivity contribution < 1.29 is 9.53 Å². The van der Waals surface area contributed by atoms with Gasteiger partial charge in [-0.15, -0.1) is 11.3 Å². The summed E-state index contributed by atoms with van der Waals surface area (Å²) in [5.74, 6) is 0. The molecule has 17 heavy (non-hydrogen) atoms. The molecule has 1 rings (SSSR count). The van der Waals surface area contributed by atoms with Crippen molar-refractivity contribution >= 4 is 17.4 Å². The van der Waals surface area contributed by atoms with Crippen LogP contribution in [0.1, 0.15) is 25.6 Å². The van der Waals surface area contributed by atoms with Gasteiger partial charge in [0.2, 0.25) is 0 Å². The number of ether oxygens (including phenoxy) is 1. The second-order valence-corrected chi connectivity index (χ2v) is 5.72. The van der Waals surface area contributed by atoms with Crippen LogP contribution >= 0.6 is 11.3 Å². The van der Waals surface area contributed by atoms with Crippen molar-refractivity contribution in [3.8, 4) is 0 Å². The van der Waals surface area contributed by atoms with E-state index < -0.39 is 5.60 Å². The number of carbonyl (C=O) groups excluding carboxylic acids is 1. The predicted molar refractivity (Wildman–Crippen MR) is 70.3 cm³/mol. The first-order chi connectivity index (χ1) is 7.97. The maximum atomic E-state index is 11.3. The van der Waals surface area contributed by atoms with E-state index in [0.29, 0.717) is 6.54 Å². The summed E-state index contributed by atoms with van der Waals surface area (Å²) in [5, 5.41) is 8.00. The molecule has 0 spiro atoms. The van der Waals surface area contributed by atoms with Crippen LogP contribution in [0, 0.1) is 0 Å². The van der Waals surface area contributed by atoms with Gasteiger partial charge in [0.25, 0.3) is 0 Å². The molecule has 0 saturated carbocycles. The Balaban J connectivity index is 2.02. The van der Waals surface area contributed by atoms with Gasteiger partial charge in [-0.3, -0.25) is 0 Å². The van der Waals surface area contributed by atoms with Crippen LogP contribution in [0.25, 0.3) is 0 Å². The molecule has 96 valence electrons. The second kappa shape index (κ2) is 6.61. The Kier molecular flexibility index (Phi) is 5.44. The largest absolute Gasteiger partial charge is 0.444 e. The van der Waals surface area contributed by atoms with Gasteiger partial charge in [0.15, 0.2) is 0 Å². The zero-order chi connectivity index (χ0) is 12.7. The second-order valence-electron chi connectivity index (χ2n) is 4.68. The van der Waals surface area contributed by atoms with E-state index in [-0.39, 0.29) is 6.09 Å². The van der Waals surface area contributed by atoms with Crippen LogP contribution in [0.5, 0.6) is 0 Å². The average Bonchev–Trinajstić information content (AvgIpc) is 2.67. The zero-order valence-electron chi connectivity index (χ0n) is 10.6. The van der Waals surface area contributed by atoms with Crippen LogP contribution in [-0.2, 0) is 11.3 Å². The van der Waals surface area contributed by atoms with Gasteiger partial charge in [-0.1, -0.05) is 6.07 Å². The first-order valence-electron chi connectivity index (χ1n) is 5.67. The van der Waals surface area contributed by atoms with Crippen molar-refractivity contribution in [1.82, 2.24) is 10.6 Å². The van der Waals surface area contributed by atoms with E-state index in [0.717, 1.165) is 13.1 Å². The van der Waals surface area contributed by atoms with E-state index in [1.54, 1.807) is 11.3 Å². The number of rotatable bonds is 5. The lowest BCUT2D eigenvalue weighted by molar-refractivity contribution is 0.0528. The molecule has 0 bridgehead atoms. The fraction of sp³-hybridized carbons (Fsp3) is 0.583. The van der Waals surface area contributed by atoms with E-state index in [2.05, 4.69) is 22.1 Å². The standard InChI is InChI=1S/C12H20N2O2S/c1-12(2,3)16-11(15)14-7-6-13-9-10-5-4-8-17-10/h4-5,8,13H,6-7,9H2,1-3H3,(H,14,15). The van der Waals surface area contributed by atoms with Gasteiger partial charge in [0.05, 0.1) is 0 Å². The summed E-state index contributed by atoms with van der Waals surface area (Å²) >= 11 is 1.72. The minimum Gasteiger partial charge on any atom is -0.444 e. The normalized spacial score (nSPS) is 11.2. The van der Waals surface area contributed by atoms with Gasteiger partial charge in [-0.2, -0.15) is 0 Å². The Morgan fingerprint density at radius 2 is 2.18 bits per heavy atom. The molecule has 0 fully saturated rings. The summed E-state index contributed by atoms with van der Waals surface area (Å²) in [6, 6.07) is 4.11. The predicted octanol–water partition coefficient (Wildman–Crippen LogP) is 2.36. The van der Waals surface area contributed by atoms with Crippen molar-refractivity contribution in [2.75, 3.05) is 13.1 Å². The molecule has 5 heteroatoms. The number of carbonyl (C=O) groups is 1. The highest BCUT2D eigenvalue weighted by Crippen LogP contribution is 2.07. The zero-order valence-corrected chi connectivity index (χ0v) is 11.4. The fourth-order valence-electron chi connectivity index (χ4n) is 1.19. The fourth-order valence-corrected chi connectivity index (χ4v) is 1.87. The van der Waals surface area contributed by atoms with Gasteiger partial charge < -0.3 is 15.4 Å². The summed E-state index contributed by atoms with van der Waals surface area (Å²) in [7, 11) is 0. The SMILES string of the molecule is CC(C)(C)OC(=O)NCCNCc1cccs1. The molecule has 1 heterocycles. The van der Waals surface area contributed by atoms with Gasteiger partial charge in [-0.25, -0.2) is 4.79 Å². The molecular formula is C12H20N2O2S. The third kappa shape index (κ3) is 6.97. The Labute approximate surface area is 106 Å². The molecule has 0 aliphatic heterocycles. The van der Waals surface area contributed by atoms with E-state index in [1.807, 2.05) is 26.8 Å². The molecule has 0 saturated heterocycles. The van der Waals surface area contributed by atoms with E-state index in [4.69, 9.17) is 4.74 Å². The van der Waals surface area contributed by atoms with Crippen molar-refractivity contribution in [3.63, 3.8) is 0 Å². The van der Waals surface area contributed by atoms with Gasteiger partial charge >= 0.3 is 6.09 Å². The molecule has 0 unspecified atom stereocenters. The maximum absolute atomic E-state index is 11.3. The number of alkyl carbamates (subject to hydrolysis) is 1. The molecule has 1 amide bonds. The first kappa shape index (κ1) is 14.0. The van der Waals surface area contributed by atoms with Gasteiger partial charge in [0, 0.05) is 24.5 Å². The summed E-state index contributed by atoms with van der Waals surface area (Å²) < 4.78 is 5.11. The number of nitrogens with one attached hydrogen (secondary N) is 2. The molecule has 4 nitrogen and oxygen atoms in total. The van der Waals surface area contributed by atoms with Crippen LogP contribution in [0.15, 0.2) is 17.5 Å². The van der Waals surface area contributed by atoms with Crippen molar-refractivity contribution in [1.29, 1.82) is 0 Å². The van der Waals surface area contributed by atoms with E-state index in [1.165, 1.54) is 4.88 Å². The highest BCUT2D eigenvalue weighted by molar-refractivity contribution is 7.09. The van der Waals surface area contributed by atoms with Crippen LogP contribution in [0.4, 0.5) is 4.79 Å². The summed E-state index contributed by atoms with van der Waals surface area (Å²) in [5.41, 5.74) is -0.436. The van der Waals surface area contributed by atoms with Crippen LogP contribution < -0.4 is 10.6 Å². The summed E-state index contributed by atoms with van der Waals surface area (Å²) in [4.78, 5) is 12.6.